The molecule has 0 N–H and O–H groups in total. The Labute approximate surface area is 175 Å². The molecule has 5 nitrogen and oxygen atoms in total. The molecule has 0 radical (unpaired) electrons. The highest BCUT2D eigenvalue weighted by atomic mass is 19.1. The summed E-state index contributed by atoms with van der Waals surface area (Å²) in [6.07, 6.45) is 0.470. The highest BCUT2D eigenvalue weighted by Gasteiger charge is 2.28. The van der Waals surface area contributed by atoms with Crippen molar-refractivity contribution in [2.24, 2.45) is 11.1 Å². The first-order valence-corrected chi connectivity index (χ1v) is 9.95. The number of rotatable bonds is 8. The van der Waals surface area contributed by atoms with Crippen molar-refractivity contribution in [2.45, 2.75) is 39.3 Å². The van der Waals surface area contributed by atoms with Crippen molar-refractivity contribution in [3.8, 4) is 5.75 Å². The molecule has 0 aromatic heterocycles. The van der Waals surface area contributed by atoms with Gasteiger partial charge in [0.15, 0.2) is 6.10 Å². The van der Waals surface area contributed by atoms with Gasteiger partial charge in [0.05, 0.1) is 19.4 Å². The summed E-state index contributed by atoms with van der Waals surface area (Å²) < 4.78 is 32.8. The van der Waals surface area contributed by atoms with Crippen LogP contribution in [0, 0.1) is 17.6 Å². The minimum absolute atomic E-state index is 0.0432. The number of oxime groups is 1. The maximum absolute atomic E-state index is 14.2. The van der Waals surface area contributed by atoms with Crippen LogP contribution in [0.4, 0.5) is 8.78 Å². The normalized spacial score (nSPS) is 15.7. The summed E-state index contributed by atoms with van der Waals surface area (Å²) in [6, 6.07) is 10.9. The number of carbonyl (C=O) groups excluding carboxylic acids is 1. The Kier molecular flexibility index (Phi) is 7.03. The van der Waals surface area contributed by atoms with Gasteiger partial charge < -0.3 is 14.5 Å². The molecule has 0 fully saturated rings. The average molecular weight is 416 g/mol. The van der Waals surface area contributed by atoms with Crippen molar-refractivity contribution in [3.63, 3.8) is 0 Å². The summed E-state index contributed by atoms with van der Waals surface area (Å²) in [5, 5.41) is 4.18. The second-order valence-corrected chi connectivity index (χ2v) is 7.78. The second kappa shape index (κ2) is 9.69. The lowest BCUT2D eigenvalue weighted by molar-refractivity contribution is -0.134. The Morgan fingerprint density at radius 3 is 2.73 bits per heavy atom. The first kappa shape index (κ1) is 21.7. The van der Waals surface area contributed by atoms with Gasteiger partial charge in [0.2, 0.25) is 5.91 Å². The topological polar surface area (TPSA) is 51.1 Å². The smallest absolute Gasteiger partial charge is 0.223 e. The van der Waals surface area contributed by atoms with Gasteiger partial charge in [-0.1, -0.05) is 37.2 Å². The van der Waals surface area contributed by atoms with E-state index in [0.717, 1.165) is 17.3 Å². The number of methoxy groups -OCH3 is 1. The van der Waals surface area contributed by atoms with Crippen LogP contribution < -0.4 is 4.74 Å². The number of carbonyl (C=O) groups is 1. The summed E-state index contributed by atoms with van der Waals surface area (Å²) in [7, 11) is 1.59. The standard InChI is InChI=1S/C23H26F2N2O3/c1-15(2)10-23(28)27(13-16-8-9-17(24)11-20(16)25)14-18-12-21(26-30-18)19-6-4-5-7-22(19)29-3/h4-9,11,15,18H,10,12-14H2,1-3H3/t18-/m0/s1. The van der Waals surface area contributed by atoms with Crippen molar-refractivity contribution in [2.75, 3.05) is 13.7 Å². The highest BCUT2D eigenvalue weighted by Crippen LogP contribution is 2.25. The molecule has 1 aliphatic rings. The van der Waals surface area contributed by atoms with Crippen molar-refractivity contribution in [3.05, 3.63) is 65.2 Å². The van der Waals surface area contributed by atoms with Gasteiger partial charge in [0.25, 0.3) is 0 Å². The Morgan fingerprint density at radius 1 is 1.27 bits per heavy atom. The molecular weight excluding hydrogens is 390 g/mol. The van der Waals surface area contributed by atoms with Gasteiger partial charge in [0.1, 0.15) is 17.4 Å². The fraction of sp³-hybridized carbons (Fsp3) is 0.391. The van der Waals surface area contributed by atoms with E-state index in [1.54, 1.807) is 12.0 Å². The van der Waals surface area contributed by atoms with Crippen LogP contribution in [0.1, 0.15) is 37.8 Å². The van der Waals surface area contributed by atoms with Gasteiger partial charge in [-0.15, -0.1) is 0 Å². The van der Waals surface area contributed by atoms with Crippen molar-refractivity contribution in [1.82, 2.24) is 4.90 Å². The van der Waals surface area contributed by atoms with Crippen LogP contribution in [0.25, 0.3) is 0 Å². The van der Waals surface area contributed by atoms with Gasteiger partial charge >= 0.3 is 0 Å². The summed E-state index contributed by atoms with van der Waals surface area (Å²) in [5.41, 5.74) is 1.84. The first-order chi connectivity index (χ1) is 14.4. The minimum Gasteiger partial charge on any atom is -0.496 e. The molecule has 1 atom stereocenters. The minimum atomic E-state index is -0.671. The van der Waals surface area contributed by atoms with Crippen LogP contribution in [0.3, 0.4) is 0 Å². The lowest BCUT2D eigenvalue weighted by Crippen LogP contribution is -2.38. The van der Waals surface area contributed by atoms with E-state index in [1.165, 1.54) is 12.1 Å². The monoisotopic (exact) mass is 416 g/mol. The molecule has 7 heteroatoms. The van der Waals surface area contributed by atoms with E-state index in [-0.39, 0.29) is 36.6 Å². The predicted molar refractivity (Wildman–Crippen MR) is 110 cm³/mol. The van der Waals surface area contributed by atoms with E-state index in [0.29, 0.717) is 18.6 Å². The molecular formula is C23H26F2N2O3. The fourth-order valence-corrected chi connectivity index (χ4v) is 3.40. The highest BCUT2D eigenvalue weighted by molar-refractivity contribution is 6.03. The number of amides is 1. The molecule has 0 saturated carbocycles. The maximum Gasteiger partial charge on any atom is 0.223 e. The number of halogens is 2. The predicted octanol–water partition coefficient (Wildman–Crippen LogP) is 4.54. The van der Waals surface area contributed by atoms with Gasteiger partial charge in [-0.05, 0) is 24.1 Å². The summed E-state index contributed by atoms with van der Waals surface area (Å²) in [5.74, 6) is -0.575. The second-order valence-electron chi connectivity index (χ2n) is 7.78. The quantitative estimate of drug-likeness (QED) is 0.635. The Balaban J connectivity index is 1.73. The maximum atomic E-state index is 14.2. The van der Waals surface area contributed by atoms with Crippen LogP contribution in [0.2, 0.25) is 0 Å². The zero-order valence-electron chi connectivity index (χ0n) is 17.4. The zero-order valence-corrected chi connectivity index (χ0v) is 17.4. The van der Waals surface area contributed by atoms with E-state index in [4.69, 9.17) is 9.57 Å². The molecule has 3 rings (SSSR count). The van der Waals surface area contributed by atoms with E-state index in [9.17, 15) is 13.6 Å². The lowest BCUT2D eigenvalue weighted by atomic mass is 10.0. The molecule has 160 valence electrons. The number of ether oxygens (including phenoxy) is 1. The molecule has 2 aromatic carbocycles. The third-order valence-electron chi connectivity index (χ3n) is 4.89. The summed E-state index contributed by atoms with van der Waals surface area (Å²) in [4.78, 5) is 19.9. The van der Waals surface area contributed by atoms with Gasteiger partial charge in [-0.2, -0.15) is 0 Å². The molecule has 30 heavy (non-hydrogen) atoms. The Bertz CT molecular complexity index is 930. The molecule has 0 unspecified atom stereocenters. The first-order valence-electron chi connectivity index (χ1n) is 9.95. The number of hydrogen-bond donors (Lipinski definition) is 0. The van der Waals surface area contributed by atoms with E-state index in [2.05, 4.69) is 5.16 Å². The van der Waals surface area contributed by atoms with Crippen LogP contribution in [0.15, 0.2) is 47.6 Å². The average Bonchev–Trinajstić information content (AvgIpc) is 3.17. The van der Waals surface area contributed by atoms with Crippen molar-refractivity contribution in [1.29, 1.82) is 0 Å². The van der Waals surface area contributed by atoms with Crippen LogP contribution in [-0.2, 0) is 16.2 Å². The van der Waals surface area contributed by atoms with Crippen molar-refractivity contribution >= 4 is 11.6 Å². The fourth-order valence-electron chi connectivity index (χ4n) is 3.40. The summed E-state index contributed by atoms with van der Waals surface area (Å²) in [6.45, 7) is 4.19. The number of nitrogens with zero attached hydrogens (tertiary/aromatic N) is 2. The lowest BCUT2D eigenvalue weighted by Gasteiger charge is -2.26. The van der Waals surface area contributed by atoms with E-state index < -0.39 is 11.6 Å². The van der Waals surface area contributed by atoms with E-state index in [1.807, 2.05) is 38.1 Å². The third kappa shape index (κ3) is 5.34. The third-order valence-corrected chi connectivity index (χ3v) is 4.89. The molecule has 0 bridgehead atoms. The Morgan fingerprint density at radius 2 is 2.03 bits per heavy atom. The van der Waals surface area contributed by atoms with Gasteiger partial charge in [-0.3, -0.25) is 4.79 Å². The molecule has 2 aromatic rings. The molecule has 1 heterocycles. The van der Waals surface area contributed by atoms with Crippen LogP contribution >= 0.6 is 0 Å². The summed E-state index contributed by atoms with van der Waals surface area (Å²) >= 11 is 0. The molecule has 0 saturated heterocycles. The van der Waals surface area contributed by atoms with Gasteiger partial charge in [0, 0.05) is 36.6 Å². The number of hydrogen-bond acceptors (Lipinski definition) is 4. The van der Waals surface area contributed by atoms with Crippen molar-refractivity contribution < 1.29 is 23.1 Å². The SMILES string of the molecule is COc1ccccc1C1=NO[C@H](CN(Cc2ccc(F)cc2F)C(=O)CC(C)C)C1. The molecule has 1 aliphatic heterocycles. The number of para-hydroxylation sites is 1. The van der Waals surface area contributed by atoms with E-state index >= 15 is 0 Å². The van der Waals surface area contributed by atoms with Gasteiger partial charge in [-0.25, -0.2) is 8.78 Å². The Hall–Kier alpha value is -2.96. The molecule has 1 amide bonds. The largest absolute Gasteiger partial charge is 0.496 e. The number of benzene rings is 2. The molecule has 0 aliphatic carbocycles. The van der Waals surface area contributed by atoms with Crippen LogP contribution in [0.5, 0.6) is 5.75 Å². The zero-order chi connectivity index (χ0) is 21.7. The molecule has 0 spiro atoms. The van der Waals surface area contributed by atoms with Crippen LogP contribution in [-0.4, -0.2) is 36.3 Å².